The van der Waals surface area contributed by atoms with E-state index in [9.17, 15) is 18.0 Å². The second-order valence-electron chi connectivity index (χ2n) is 8.45. The van der Waals surface area contributed by atoms with Crippen LogP contribution in [0, 0.1) is 0 Å². The average Bonchev–Trinajstić information content (AvgIpc) is 3.04. The largest absolute Gasteiger partial charge is 0.444 e. The van der Waals surface area contributed by atoms with Crippen molar-refractivity contribution in [3.05, 3.63) is 71.3 Å². The number of alkyl halides is 3. The fourth-order valence-corrected chi connectivity index (χ4v) is 3.81. The Kier molecular flexibility index (Phi) is 5.92. The number of hydrogen-bond donors (Lipinski definition) is 0. The maximum Gasteiger partial charge on any atom is 0.416 e. The third kappa shape index (κ3) is 5.31. The van der Waals surface area contributed by atoms with Gasteiger partial charge in [-0.15, -0.1) is 0 Å². The van der Waals surface area contributed by atoms with Crippen molar-refractivity contribution in [1.29, 1.82) is 0 Å². The number of carbonyl (C=O) groups excluding carboxylic acids is 1. The minimum absolute atomic E-state index is 0.103. The minimum atomic E-state index is -4.36. The molecule has 0 saturated carbocycles. The summed E-state index contributed by atoms with van der Waals surface area (Å²) in [7, 11) is 0. The van der Waals surface area contributed by atoms with Crippen LogP contribution < -0.4 is 0 Å². The van der Waals surface area contributed by atoms with E-state index in [1.54, 1.807) is 4.90 Å². The molecule has 2 aromatic rings. The van der Waals surface area contributed by atoms with Gasteiger partial charge in [0.1, 0.15) is 5.60 Å². The Morgan fingerprint density at radius 1 is 1.03 bits per heavy atom. The Hall–Kier alpha value is -2.50. The number of ether oxygens (including phenoxy) is 1. The van der Waals surface area contributed by atoms with Crippen LogP contribution in [0.25, 0.3) is 0 Å². The van der Waals surface area contributed by atoms with Crippen LogP contribution in [0.5, 0.6) is 0 Å². The summed E-state index contributed by atoms with van der Waals surface area (Å²) in [6.07, 6.45) is -3.49. The summed E-state index contributed by atoms with van der Waals surface area (Å²) < 4.78 is 44.2. The molecular weight excluding hydrogens is 379 g/mol. The lowest BCUT2D eigenvalue weighted by molar-refractivity contribution is -0.137. The van der Waals surface area contributed by atoms with Crippen molar-refractivity contribution in [2.75, 3.05) is 6.54 Å². The van der Waals surface area contributed by atoms with Gasteiger partial charge < -0.3 is 9.64 Å². The molecule has 3 rings (SSSR count). The fraction of sp³-hybridized carbons (Fsp3) is 0.435. The van der Waals surface area contributed by atoms with Gasteiger partial charge in [0, 0.05) is 18.5 Å². The number of halogens is 3. The maximum absolute atomic E-state index is 12.9. The highest BCUT2D eigenvalue weighted by atomic mass is 19.4. The van der Waals surface area contributed by atoms with Crippen LogP contribution in [0.2, 0.25) is 0 Å². The van der Waals surface area contributed by atoms with Crippen LogP contribution in [0.15, 0.2) is 54.6 Å². The molecule has 29 heavy (non-hydrogen) atoms. The number of hydrogen-bond acceptors (Lipinski definition) is 2. The van der Waals surface area contributed by atoms with Crippen molar-refractivity contribution in [2.24, 2.45) is 0 Å². The van der Waals surface area contributed by atoms with Gasteiger partial charge in [0.2, 0.25) is 0 Å². The molecule has 0 bridgehead atoms. The van der Waals surface area contributed by atoms with Crippen LogP contribution in [-0.2, 0) is 17.3 Å². The molecule has 1 heterocycles. The molecule has 0 N–H and O–H groups in total. The van der Waals surface area contributed by atoms with Crippen LogP contribution in [0.4, 0.5) is 18.0 Å². The first-order valence-electron chi connectivity index (χ1n) is 9.75. The van der Waals surface area contributed by atoms with Crippen molar-refractivity contribution >= 4 is 6.09 Å². The van der Waals surface area contributed by atoms with E-state index in [0.29, 0.717) is 13.0 Å². The zero-order valence-electron chi connectivity index (χ0n) is 16.9. The highest BCUT2D eigenvalue weighted by Crippen LogP contribution is 2.37. The Morgan fingerprint density at radius 2 is 1.66 bits per heavy atom. The molecule has 1 fully saturated rings. The summed E-state index contributed by atoms with van der Waals surface area (Å²) >= 11 is 0. The molecule has 0 aromatic heterocycles. The van der Waals surface area contributed by atoms with Crippen LogP contribution in [-0.4, -0.2) is 29.2 Å². The van der Waals surface area contributed by atoms with E-state index in [1.807, 2.05) is 51.1 Å². The normalized spacial score (nSPS) is 20.0. The molecule has 0 unspecified atom stereocenters. The maximum atomic E-state index is 12.9. The predicted molar refractivity (Wildman–Crippen MR) is 106 cm³/mol. The molecular formula is C23H26F3NO2. The van der Waals surface area contributed by atoms with Gasteiger partial charge in [-0.2, -0.15) is 13.2 Å². The number of benzene rings is 2. The first-order valence-corrected chi connectivity index (χ1v) is 9.75. The fourth-order valence-electron chi connectivity index (χ4n) is 3.81. The van der Waals surface area contributed by atoms with Crippen molar-refractivity contribution in [3.63, 3.8) is 0 Å². The molecule has 2 aromatic carbocycles. The third-order valence-electron chi connectivity index (χ3n) is 5.13. The van der Waals surface area contributed by atoms with Crippen molar-refractivity contribution in [1.82, 2.24) is 4.90 Å². The Morgan fingerprint density at radius 3 is 2.21 bits per heavy atom. The highest BCUT2D eigenvalue weighted by Gasteiger charge is 2.40. The quantitative estimate of drug-likeness (QED) is 0.623. The summed E-state index contributed by atoms with van der Waals surface area (Å²) in [5, 5.41) is 0. The zero-order valence-corrected chi connectivity index (χ0v) is 16.9. The third-order valence-corrected chi connectivity index (χ3v) is 5.13. The Labute approximate surface area is 169 Å². The monoisotopic (exact) mass is 405 g/mol. The lowest BCUT2D eigenvalue weighted by atomic mass is 9.88. The van der Waals surface area contributed by atoms with Crippen molar-refractivity contribution in [2.45, 2.75) is 57.3 Å². The standard InChI is InChI=1S/C23H26F3NO2/c1-22(2,3)29-21(28)27-14-13-19(17-7-5-4-6-8-17)20(27)15-16-9-11-18(12-10-16)23(24,25)26/h4-12,19-20H,13-15H2,1-3H3/t19-,20-/m0/s1. The number of nitrogens with zero attached hydrogens (tertiary/aromatic N) is 1. The lowest BCUT2D eigenvalue weighted by Gasteiger charge is -2.31. The van der Waals surface area contributed by atoms with Gasteiger partial charge in [0.15, 0.2) is 0 Å². The van der Waals surface area contributed by atoms with Gasteiger partial charge in [-0.3, -0.25) is 0 Å². The van der Waals surface area contributed by atoms with E-state index in [0.717, 1.165) is 29.7 Å². The molecule has 0 spiro atoms. The summed E-state index contributed by atoms with van der Waals surface area (Å²) in [5.74, 6) is 0.103. The van der Waals surface area contributed by atoms with Crippen molar-refractivity contribution < 1.29 is 22.7 Å². The van der Waals surface area contributed by atoms with E-state index in [2.05, 4.69) is 0 Å². The summed E-state index contributed by atoms with van der Waals surface area (Å²) in [6.45, 7) is 6.02. The number of rotatable bonds is 3. The summed E-state index contributed by atoms with van der Waals surface area (Å²) in [5.41, 5.74) is 0.604. The van der Waals surface area contributed by atoms with E-state index in [-0.39, 0.29) is 18.1 Å². The van der Waals surface area contributed by atoms with Gasteiger partial charge in [-0.05, 0) is 56.9 Å². The van der Waals surface area contributed by atoms with Gasteiger partial charge in [0.25, 0.3) is 0 Å². The minimum Gasteiger partial charge on any atom is -0.444 e. The second kappa shape index (κ2) is 8.09. The van der Waals surface area contributed by atoms with Gasteiger partial charge in [-0.1, -0.05) is 42.5 Å². The molecule has 6 heteroatoms. The van der Waals surface area contributed by atoms with Crippen molar-refractivity contribution in [3.8, 4) is 0 Å². The molecule has 1 amide bonds. The first-order chi connectivity index (χ1) is 13.5. The molecule has 0 aliphatic carbocycles. The van der Waals surface area contributed by atoms with Crippen LogP contribution >= 0.6 is 0 Å². The zero-order chi connectivity index (χ0) is 21.2. The average molecular weight is 405 g/mol. The van der Waals surface area contributed by atoms with Crippen LogP contribution in [0.3, 0.4) is 0 Å². The first kappa shape index (κ1) is 21.2. The van der Waals surface area contributed by atoms with Gasteiger partial charge >= 0.3 is 12.3 Å². The molecule has 1 aliphatic rings. The predicted octanol–water partition coefficient (Wildman–Crippen LogP) is 6.04. The smallest absolute Gasteiger partial charge is 0.416 e. The molecule has 1 saturated heterocycles. The molecule has 1 aliphatic heterocycles. The van der Waals surface area contributed by atoms with Gasteiger partial charge in [0.05, 0.1) is 5.56 Å². The lowest BCUT2D eigenvalue weighted by Crippen LogP contribution is -2.42. The SMILES string of the molecule is CC(C)(C)OC(=O)N1CC[C@@H](c2ccccc2)[C@@H]1Cc1ccc(C(F)(F)F)cc1. The van der Waals surface area contributed by atoms with Gasteiger partial charge in [-0.25, -0.2) is 4.79 Å². The highest BCUT2D eigenvalue weighted by molar-refractivity contribution is 5.69. The number of likely N-dealkylation sites (tertiary alicyclic amines) is 1. The van der Waals surface area contributed by atoms with E-state index in [1.165, 1.54) is 12.1 Å². The molecule has 156 valence electrons. The van der Waals surface area contributed by atoms with Crippen LogP contribution in [0.1, 0.15) is 49.8 Å². The molecule has 0 radical (unpaired) electrons. The van der Waals surface area contributed by atoms with E-state index in [4.69, 9.17) is 4.74 Å². The molecule has 2 atom stereocenters. The number of carbonyl (C=O) groups is 1. The second-order valence-corrected chi connectivity index (χ2v) is 8.45. The Balaban J connectivity index is 1.86. The summed E-state index contributed by atoms with van der Waals surface area (Å²) in [6, 6.07) is 14.9. The van der Waals surface area contributed by atoms with E-state index >= 15 is 0 Å². The topological polar surface area (TPSA) is 29.5 Å². The molecule has 3 nitrogen and oxygen atoms in total. The van der Waals surface area contributed by atoms with E-state index < -0.39 is 17.3 Å². The summed E-state index contributed by atoms with van der Waals surface area (Å²) in [4.78, 5) is 14.5. The number of amides is 1. The Bertz CT molecular complexity index is 826.